The standard InChI is InChI=1S/C20H26N4O2/c1-3-15-12-20(22-14(2)21-15)24-8-4-5-17(13-24)23-16-6-7-18-19(11-16)26-10-9-25-18/h6-7,11-12,17,23H,3-5,8-10,13H2,1-2H3. The second-order valence-electron chi connectivity index (χ2n) is 6.91. The number of nitrogens with one attached hydrogen (secondary N) is 1. The Morgan fingerprint density at radius 3 is 2.85 bits per heavy atom. The van der Waals surface area contributed by atoms with E-state index in [2.05, 4.69) is 39.2 Å². The Morgan fingerprint density at radius 2 is 2.00 bits per heavy atom. The van der Waals surface area contributed by atoms with E-state index in [0.29, 0.717) is 19.3 Å². The molecule has 0 bridgehead atoms. The van der Waals surface area contributed by atoms with Crippen LogP contribution in [0.25, 0.3) is 0 Å². The summed E-state index contributed by atoms with van der Waals surface area (Å²) in [5.74, 6) is 3.55. The van der Waals surface area contributed by atoms with Crippen molar-refractivity contribution in [2.45, 2.75) is 39.2 Å². The van der Waals surface area contributed by atoms with E-state index in [9.17, 15) is 0 Å². The van der Waals surface area contributed by atoms with Gasteiger partial charge in [-0.1, -0.05) is 6.92 Å². The normalized spacial score (nSPS) is 19.3. The summed E-state index contributed by atoms with van der Waals surface area (Å²) in [6.45, 7) is 7.31. The lowest BCUT2D eigenvalue weighted by atomic mass is 10.0. The van der Waals surface area contributed by atoms with Crippen LogP contribution in [-0.4, -0.2) is 42.3 Å². The fraction of sp³-hybridized carbons (Fsp3) is 0.500. The van der Waals surface area contributed by atoms with Crippen LogP contribution in [0.2, 0.25) is 0 Å². The SMILES string of the molecule is CCc1cc(N2CCCC(Nc3ccc4c(c3)OCCO4)C2)nc(C)n1. The zero-order chi connectivity index (χ0) is 17.9. The van der Waals surface area contributed by atoms with Crippen molar-refractivity contribution in [2.24, 2.45) is 0 Å². The van der Waals surface area contributed by atoms with Gasteiger partial charge in [-0.25, -0.2) is 9.97 Å². The molecule has 6 heteroatoms. The van der Waals surface area contributed by atoms with Crippen molar-refractivity contribution in [3.05, 3.63) is 35.8 Å². The van der Waals surface area contributed by atoms with E-state index >= 15 is 0 Å². The quantitative estimate of drug-likeness (QED) is 0.910. The van der Waals surface area contributed by atoms with Crippen LogP contribution in [0.3, 0.4) is 0 Å². The lowest BCUT2D eigenvalue weighted by Gasteiger charge is -2.35. The van der Waals surface area contributed by atoms with Crippen molar-refractivity contribution in [1.29, 1.82) is 0 Å². The van der Waals surface area contributed by atoms with Gasteiger partial charge in [-0.2, -0.15) is 0 Å². The van der Waals surface area contributed by atoms with Gasteiger partial charge in [-0.15, -0.1) is 0 Å². The van der Waals surface area contributed by atoms with E-state index in [0.717, 1.165) is 66.9 Å². The van der Waals surface area contributed by atoms with Gasteiger partial charge in [0, 0.05) is 42.6 Å². The molecule has 0 radical (unpaired) electrons. The highest BCUT2D eigenvalue weighted by Gasteiger charge is 2.22. The van der Waals surface area contributed by atoms with E-state index in [4.69, 9.17) is 9.47 Å². The van der Waals surface area contributed by atoms with Crippen LogP contribution in [0, 0.1) is 6.92 Å². The molecule has 1 aromatic carbocycles. The van der Waals surface area contributed by atoms with Gasteiger partial charge in [0.05, 0.1) is 0 Å². The Kier molecular flexibility index (Phi) is 4.82. The second kappa shape index (κ2) is 7.40. The maximum absolute atomic E-state index is 5.69. The number of fused-ring (bicyclic) bond motifs is 1. The third kappa shape index (κ3) is 3.69. The average molecular weight is 354 g/mol. The maximum atomic E-state index is 5.69. The summed E-state index contributed by atoms with van der Waals surface area (Å²) >= 11 is 0. The Hall–Kier alpha value is -2.50. The van der Waals surface area contributed by atoms with Crippen LogP contribution in [0.1, 0.15) is 31.3 Å². The van der Waals surface area contributed by atoms with Crippen molar-refractivity contribution in [1.82, 2.24) is 9.97 Å². The molecule has 4 rings (SSSR count). The van der Waals surface area contributed by atoms with Gasteiger partial charge in [0.15, 0.2) is 11.5 Å². The molecule has 0 spiro atoms. The maximum Gasteiger partial charge on any atom is 0.163 e. The van der Waals surface area contributed by atoms with Crippen molar-refractivity contribution >= 4 is 11.5 Å². The van der Waals surface area contributed by atoms with E-state index < -0.39 is 0 Å². The van der Waals surface area contributed by atoms with Crippen molar-refractivity contribution < 1.29 is 9.47 Å². The van der Waals surface area contributed by atoms with Crippen LogP contribution in [0.4, 0.5) is 11.5 Å². The number of piperidine rings is 1. The second-order valence-corrected chi connectivity index (χ2v) is 6.91. The molecule has 2 aromatic rings. The number of rotatable bonds is 4. The molecular formula is C20H26N4O2. The molecule has 26 heavy (non-hydrogen) atoms. The van der Waals surface area contributed by atoms with Crippen molar-refractivity contribution in [2.75, 3.05) is 36.5 Å². The van der Waals surface area contributed by atoms with Gasteiger partial charge in [0.25, 0.3) is 0 Å². The first-order valence-electron chi connectivity index (χ1n) is 9.47. The molecule has 2 aliphatic rings. The summed E-state index contributed by atoms with van der Waals surface area (Å²) < 4.78 is 11.3. The molecule has 1 unspecified atom stereocenters. The number of anilines is 2. The number of hydrogen-bond acceptors (Lipinski definition) is 6. The largest absolute Gasteiger partial charge is 0.486 e. The van der Waals surface area contributed by atoms with E-state index in [-0.39, 0.29) is 0 Å². The Bertz CT molecular complexity index is 780. The van der Waals surface area contributed by atoms with E-state index in [1.54, 1.807) is 0 Å². The molecule has 1 atom stereocenters. The van der Waals surface area contributed by atoms with Gasteiger partial charge in [-0.05, 0) is 38.3 Å². The Morgan fingerprint density at radius 1 is 1.15 bits per heavy atom. The Labute approximate surface area is 154 Å². The van der Waals surface area contributed by atoms with Gasteiger partial charge in [0.1, 0.15) is 24.9 Å². The molecular weight excluding hydrogens is 328 g/mol. The minimum absolute atomic E-state index is 0.381. The fourth-order valence-electron chi connectivity index (χ4n) is 3.63. The van der Waals surface area contributed by atoms with Crippen molar-refractivity contribution in [3.63, 3.8) is 0 Å². The zero-order valence-electron chi connectivity index (χ0n) is 15.5. The number of benzene rings is 1. The number of nitrogens with zero attached hydrogens (tertiary/aromatic N) is 3. The minimum Gasteiger partial charge on any atom is -0.486 e. The molecule has 1 aromatic heterocycles. The predicted molar refractivity (Wildman–Crippen MR) is 102 cm³/mol. The summed E-state index contributed by atoms with van der Waals surface area (Å²) in [6, 6.07) is 8.60. The molecule has 0 saturated carbocycles. The summed E-state index contributed by atoms with van der Waals surface area (Å²) in [6.07, 6.45) is 3.23. The highest BCUT2D eigenvalue weighted by Crippen LogP contribution is 2.33. The highest BCUT2D eigenvalue weighted by molar-refractivity contribution is 5.56. The highest BCUT2D eigenvalue weighted by atomic mass is 16.6. The number of aryl methyl sites for hydroxylation is 2. The molecule has 2 aliphatic heterocycles. The topological polar surface area (TPSA) is 59.5 Å². The average Bonchev–Trinajstić information content (AvgIpc) is 2.67. The number of hydrogen-bond donors (Lipinski definition) is 1. The van der Waals surface area contributed by atoms with Gasteiger partial charge in [0.2, 0.25) is 0 Å². The van der Waals surface area contributed by atoms with E-state index in [1.165, 1.54) is 0 Å². The van der Waals surface area contributed by atoms with Crippen LogP contribution < -0.4 is 19.7 Å². The molecule has 1 N–H and O–H groups in total. The van der Waals surface area contributed by atoms with Gasteiger partial charge < -0.3 is 19.7 Å². The molecule has 3 heterocycles. The summed E-state index contributed by atoms with van der Waals surface area (Å²) in [5.41, 5.74) is 2.18. The molecule has 6 nitrogen and oxygen atoms in total. The van der Waals surface area contributed by atoms with Crippen LogP contribution in [0.15, 0.2) is 24.3 Å². The summed E-state index contributed by atoms with van der Waals surface area (Å²) in [4.78, 5) is 11.5. The first-order chi connectivity index (χ1) is 12.7. The summed E-state index contributed by atoms with van der Waals surface area (Å²) in [7, 11) is 0. The summed E-state index contributed by atoms with van der Waals surface area (Å²) in [5, 5.41) is 3.65. The lowest BCUT2D eigenvalue weighted by Crippen LogP contribution is -2.42. The molecule has 0 amide bonds. The monoisotopic (exact) mass is 354 g/mol. The third-order valence-electron chi connectivity index (χ3n) is 4.90. The molecule has 0 aliphatic carbocycles. The number of aromatic nitrogens is 2. The first-order valence-corrected chi connectivity index (χ1v) is 9.47. The minimum atomic E-state index is 0.381. The van der Waals surface area contributed by atoms with Gasteiger partial charge >= 0.3 is 0 Å². The van der Waals surface area contributed by atoms with Crippen LogP contribution in [-0.2, 0) is 6.42 Å². The first kappa shape index (κ1) is 16.9. The lowest BCUT2D eigenvalue weighted by molar-refractivity contribution is 0.171. The molecule has 1 saturated heterocycles. The third-order valence-corrected chi connectivity index (χ3v) is 4.90. The smallest absolute Gasteiger partial charge is 0.163 e. The van der Waals surface area contributed by atoms with Gasteiger partial charge in [-0.3, -0.25) is 0 Å². The Balaban J connectivity index is 1.46. The van der Waals surface area contributed by atoms with Crippen molar-refractivity contribution in [3.8, 4) is 11.5 Å². The van der Waals surface area contributed by atoms with Crippen LogP contribution >= 0.6 is 0 Å². The molecule has 1 fully saturated rings. The fourth-order valence-corrected chi connectivity index (χ4v) is 3.63. The molecule has 138 valence electrons. The van der Waals surface area contributed by atoms with Crippen LogP contribution in [0.5, 0.6) is 11.5 Å². The zero-order valence-corrected chi connectivity index (χ0v) is 15.5. The number of ether oxygens (including phenoxy) is 2. The van der Waals surface area contributed by atoms with E-state index in [1.807, 2.05) is 19.1 Å². The predicted octanol–water partition coefficient (Wildman–Crippen LogP) is 3.20.